The second-order valence-corrected chi connectivity index (χ2v) is 5.06. The van der Waals surface area contributed by atoms with Crippen LogP contribution >= 0.6 is 0 Å². The Hall–Kier alpha value is -0.120. The molecule has 0 aromatic carbocycles. The van der Waals surface area contributed by atoms with Crippen molar-refractivity contribution in [3.8, 4) is 0 Å². The molecule has 0 amide bonds. The molecule has 0 aliphatic carbocycles. The Morgan fingerprint density at radius 3 is 2.62 bits per heavy atom. The van der Waals surface area contributed by atoms with Crippen LogP contribution in [0.15, 0.2) is 0 Å². The molecule has 0 saturated carbocycles. The minimum Gasteiger partial charge on any atom is -0.396 e. The third kappa shape index (κ3) is 4.04. The zero-order valence-electron chi connectivity index (χ0n) is 10.8. The van der Waals surface area contributed by atoms with Crippen molar-refractivity contribution in [1.29, 1.82) is 0 Å². The van der Waals surface area contributed by atoms with Crippen LogP contribution in [-0.2, 0) is 4.74 Å². The number of hydrogen-bond donors (Lipinski definition) is 2. The Morgan fingerprint density at radius 1 is 1.38 bits per heavy atom. The summed E-state index contributed by atoms with van der Waals surface area (Å²) in [4.78, 5) is 0. The fourth-order valence-corrected chi connectivity index (χ4v) is 2.25. The van der Waals surface area contributed by atoms with E-state index in [1.54, 1.807) is 0 Å². The molecule has 1 fully saturated rings. The van der Waals surface area contributed by atoms with Crippen molar-refractivity contribution in [3.05, 3.63) is 0 Å². The van der Waals surface area contributed by atoms with E-state index in [0.29, 0.717) is 6.61 Å². The molecule has 0 bridgehead atoms. The standard InChI is InChI=1S/C13H27NO2/c1-3-13(4-2,11-15)10-14-7-5-12-6-8-16-9-12/h12,14-15H,3-11H2,1-2H3. The molecule has 0 radical (unpaired) electrons. The molecular weight excluding hydrogens is 202 g/mol. The van der Waals surface area contributed by atoms with Gasteiger partial charge in [-0.1, -0.05) is 13.8 Å². The Labute approximate surface area is 99.6 Å². The van der Waals surface area contributed by atoms with Gasteiger partial charge in [0.1, 0.15) is 0 Å². The van der Waals surface area contributed by atoms with Gasteiger partial charge in [-0.05, 0) is 38.1 Å². The molecular formula is C13H27NO2. The molecule has 1 atom stereocenters. The van der Waals surface area contributed by atoms with Gasteiger partial charge in [0, 0.05) is 31.8 Å². The molecule has 3 heteroatoms. The summed E-state index contributed by atoms with van der Waals surface area (Å²) < 4.78 is 5.35. The van der Waals surface area contributed by atoms with Crippen LogP contribution in [0.2, 0.25) is 0 Å². The third-order valence-corrected chi connectivity index (χ3v) is 4.09. The molecule has 16 heavy (non-hydrogen) atoms. The average Bonchev–Trinajstić information content (AvgIpc) is 2.83. The monoisotopic (exact) mass is 229 g/mol. The number of rotatable bonds is 8. The van der Waals surface area contributed by atoms with E-state index in [2.05, 4.69) is 19.2 Å². The number of nitrogens with one attached hydrogen (secondary N) is 1. The van der Waals surface area contributed by atoms with Crippen molar-refractivity contribution in [2.75, 3.05) is 32.9 Å². The van der Waals surface area contributed by atoms with Crippen molar-refractivity contribution in [3.63, 3.8) is 0 Å². The van der Waals surface area contributed by atoms with E-state index in [1.165, 1.54) is 12.8 Å². The lowest BCUT2D eigenvalue weighted by atomic mass is 9.83. The van der Waals surface area contributed by atoms with Crippen molar-refractivity contribution in [2.24, 2.45) is 11.3 Å². The number of hydrogen-bond acceptors (Lipinski definition) is 3. The molecule has 1 aliphatic heterocycles. The van der Waals surface area contributed by atoms with Gasteiger partial charge in [0.05, 0.1) is 0 Å². The Bertz CT molecular complexity index is 167. The zero-order chi connectivity index (χ0) is 11.9. The van der Waals surface area contributed by atoms with E-state index in [1.807, 2.05) is 0 Å². The third-order valence-electron chi connectivity index (χ3n) is 4.09. The molecule has 0 spiro atoms. The van der Waals surface area contributed by atoms with Gasteiger partial charge in [-0.3, -0.25) is 0 Å². The Kier molecular flexibility index (Phi) is 6.32. The minimum atomic E-state index is 0.0895. The van der Waals surface area contributed by atoms with Crippen LogP contribution in [0, 0.1) is 11.3 Å². The van der Waals surface area contributed by atoms with Gasteiger partial charge < -0.3 is 15.2 Å². The van der Waals surface area contributed by atoms with Gasteiger partial charge >= 0.3 is 0 Å². The number of aliphatic hydroxyl groups is 1. The van der Waals surface area contributed by atoms with E-state index in [0.717, 1.165) is 45.1 Å². The van der Waals surface area contributed by atoms with Crippen molar-refractivity contribution >= 4 is 0 Å². The van der Waals surface area contributed by atoms with Gasteiger partial charge in [0.25, 0.3) is 0 Å². The van der Waals surface area contributed by atoms with Crippen LogP contribution in [0.1, 0.15) is 39.5 Å². The first kappa shape index (κ1) is 13.9. The van der Waals surface area contributed by atoms with Gasteiger partial charge in [0.15, 0.2) is 0 Å². The lowest BCUT2D eigenvalue weighted by Gasteiger charge is -2.29. The van der Waals surface area contributed by atoms with Gasteiger partial charge in [0.2, 0.25) is 0 Å². The van der Waals surface area contributed by atoms with E-state index in [-0.39, 0.29) is 5.41 Å². The van der Waals surface area contributed by atoms with Crippen molar-refractivity contribution in [1.82, 2.24) is 5.32 Å². The Balaban J connectivity index is 2.12. The molecule has 96 valence electrons. The largest absolute Gasteiger partial charge is 0.396 e. The molecule has 3 nitrogen and oxygen atoms in total. The predicted molar refractivity (Wildman–Crippen MR) is 66.5 cm³/mol. The summed E-state index contributed by atoms with van der Waals surface area (Å²) in [5.74, 6) is 0.749. The highest BCUT2D eigenvalue weighted by Crippen LogP contribution is 2.24. The predicted octanol–water partition coefficient (Wildman–Crippen LogP) is 1.80. The average molecular weight is 229 g/mol. The number of aliphatic hydroxyl groups excluding tert-OH is 1. The zero-order valence-corrected chi connectivity index (χ0v) is 10.8. The summed E-state index contributed by atoms with van der Waals surface area (Å²) >= 11 is 0. The lowest BCUT2D eigenvalue weighted by Crippen LogP contribution is -2.37. The van der Waals surface area contributed by atoms with Crippen LogP contribution in [0.25, 0.3) is 0 Å². The first-order valence-electron chi connectivity index (χ1n) is 6.65. The summed E-state index contributed by atoms with van der Waals surface area (Å²) in [5.41, 5.74) is 0.0895. The van der Waals surface area contributed by atoms with Gasteiger partial charge in [-0.2, -0.15) is 0 Å². The summed E-state index contributed by atoms with van der Waals surface area (Å²) in [5, 5.41) is 12.9. The summed E-state index contributed by atoms with van der Waals surface area (Å²) in [6.45, 7) is 8.47. The van der Waals surface area contributed by atoms with E-state index < -0.39 is 0 Å². The van der Waals surface area contributed by atoms with E-state index >= 15 is 0 Å². The van der Waals surface area contributed by atoms with Crippen LogP contribution in [-0.4, -0.2) is 38.0 Å². The van der Waals surface area contributed by atoms with E-state index in [9.17, 15) is 5.11 Å². The molecule has 0 aromatic rings. The summed E-state index contributed by atoms with van der Waals surface area (Å²) in [6, 6.07) is 0. The highest BCUT2D eigenvalue weighted by atomic mass is 16.5. The first-order chi connectivity index (χ1) is 7.76. The number of ether oxygens (including phenoxy) is 1. The van der Waals surface area contributed by atoms with Crippen molar-refractivity contribution < 1.29 is 9.84 Å². The molecule has 1 rings (SSSR count). The molecule has 1 saturated heterocycles. The fourth-order valence-electron chi connectivity index (χ4n) is 2.25. The second-order valence-electron chi connectivity index (χ2n) is 5.06. The topological polar surface area (TPSA) is 41.5 Å². The SMILES string of the molecule is CCC(CC)(CO)CNCCC1CCOC1. The maximum atomic E-state index is 9.43. The molecule has 0 aromatic heterocycles. The fraction of sp³-hybridized carbons (Fsp3) is 1.00. The van der Waals surface area contributed by atoms with Crippen LogP contribution in [0.3, 0.4) is 0 Å². The minimum absolute atomic E-state index is 0.0895. The summed E-state index contributed by atoms with van der Waals surface area (Å²) in [7, 11) is 0. The summed E-state index contributed by atoms with van der Waals surface area (Å²) in [6.07, 6.45) is 4.50. The van der Waals surface area contributed by atoms with Gasteiger partial charge in [-0.15, -0.1) is 0 Å². The quantitative estimate of drug-likeness (QED) is 0.624. The Morgan fingerprint density at radius 2 is 2.12 bits per heavy atom. The maximum absolute atomic E-state index is 9.43. The molecule has 1 heterocycles. The highest BCUT2D eigenvalue weighted by Gasteiger charge is 2.24. The maximum Gasteiger partial charge on any atom is 0.0499 e. The van der Waals surface area contributed by atoms with Crippen LogP contribution < -0.4 is 5.32 Å². The van der Waals surface area contributed by atoms with Crippen LogP contribution in [0.5, 0.6) is 0 Å². The molecule has 2 N–H and O–H groups in total. The lowest BCUT2D eigenvalue weighted by molar-refractivity contribution is 0.112. The van der Waals surface area contributed by atoms with Crippen LogP contribution in [0.4, 0.5) is 0 Å². The van der Waals surface area contributed by atoms with E-state index in [4.69, 9.17) is 4.74 Å². The highest BCUT2D eigenvalue weighted by molar-refractivity contribution is 4.78. The molecule has 1 aliphatic rings. The van der Waals surface area contributed by atoms with Gasteiger partial charge in [-0.25, -0.2) is 0 Å². The smallest absolute Gasteiger partial charge is 0.0499 e. The second kappa shape index (κ2) is 7.25. The van der Waals surface area contributed by atoms with Crippen molar-refractivity contribution in [2.45, 2.75) is 39.5 Å². The first-order valence-corrected chi connectivity index (χ1v) is 6.65. The normalized spacial score (nSPS) is 21.6. The molecule has 1 unspecified atom stereocenters.